The van der Waals surface area contributed by atoms with Gasteiger partial charge in [0.1, 0.15) is 18.1 Å². The van der Waals surface area contributed by atoms with E-state index in [1.165, 1.54) is 48.2 Å². The van der Waals surface area contributed by atoms with Crippen molar-refractivity contribution in [2.75, 3.05) is 26.2 Å². The number of phenolic OH excluding ortho intramolecular Hbond substituents is 1. The molecule has 0 unspecified atom stereocenters. The van der Waals surface area contributed by atoms with E-state index in [9.17, 15) is 5.11 Å². The maximum absolute atomic E-state index is 10.0. The van der Waals surface area contributed by atoms with E-state index in [0.29, 0.717) is 11.7 Å². The van der Waals surface area contributed by atoms with Crippen molar-refractivity contribution in [3.63, 3.8) is 0 Å². The van der Waals surface area contributed by atoms with Gasteiger partial charge in [0.25, 0.3) is 0 Å². The highest BCUT2D eigenvalue weighted by Crippen LogP contribution is 2.47. The predicted molar refractivity (Wildman–Crippen MR) is 135 cm³/mol. The minimum atomic E-state index is 0. The molecule has 2 atom stereocenters. The molecule has 1 fully saturated rings. The molecule has 0 bridgehead atoms. The highest BCUT2D eigenvalue weighted by atomic mass is 79.9. The summed E-state index contributed by atoms with van der Waals surface area (Å²) < 4.78 is 6.03. The van der Waals surface area contributed by atoms with Crippen LogP contribution < -0.4 is 4.74 Å². The highest BCUT2D eigenvalue weighted by molar-refractivity contribution is 8.93. The Kier molecular flexibility index (Phi) is 7.54. The fraction of sp³-hybridized carbons (Fsp3) is 0.357. The summed E-state index contributed by atoms with van der Waals surface area (Å²) >= 11 is 0. The van der Waals surface area contributed by atoms with Gasteiger partial charge in [-0.25, -0.2) is 0 Å². The fourth-order valence-corrected chi connectivity index (χ4v) is 5.35. The van der Waals surface area contributed by atoms with Gasteiger partial charge in [-0.05, 0) is 91.2 Å². The number of phenols is 1. The van der Waals surface area contributed by atoms with Crippen LogP contribution in [0.15, 0.2) is 72.8 Å². The van der Waals surface area contributed by atoms with Crippen LogP contribution >= 0.6 is 17.0 Å². The SMILES string of the molecule is Br.Oc1ccc2c(c1)CC[C@@H](c1ccccc1)[C@H]2c1ccc(OCCN2CCCC2)cc1. The van der Waals surface area contributed by atoms with Gasteiger partial charge in [-0.1, -0.05) is 48.5 Å². The van der Waals surface area contributed by atoms with E-state index in [0.717, 1.165) is 31.7 Å². The third-order valence-corrected chi connectivity index (χ3v) is 6.93. The van der Waals surface area contributed by atoms with Crippen LogP contribution in [-0.2, 0) is 6.42 Å². The molecular weight excluding hydrogens is 462 g/mol. The lowest BCUT2D eigenvalue weighted by molar-refractivity contribution is 0.237. The maximum atomic E-state index is 10.0. The summed E-state index contributed by atoms with van der Waals surface area (Å²) in [5.41, 5.74) is 5.30. The molecular formula is C28H32BrNO2. The van der Waals surface area contributed by atoms with Gasteiger partial charge in [-0.15, -0.1) is 17.0 Å². The maximum Gasteiger partial charge on any atom is 0.119 e. The minimum absolute atomic E-state index is 0. The van der Waals surface area contributed by atoms with Crippen molar-refractivity contribution in [3.05, 3.63) is 95.1 Å². The van der Waals surface area contributed by atoms with E-state index in [1.54, 1.807) is 0 Å². The van der Waals surface area contributed by atoms with Gasteiger partial charge in [-0.3, -0.25) is 4.90 Å². The number of halogens is 1. The largest absolute Gasteiger partial charge is 0.508 e. The molecule has 1 N–H and O–H groups in total. The number of likely N-dealkylation sites (tertiary alicyclic amines) is 1. The molecule has 4 heteroatoms. The van der Waals surface area contributed by atoms with Gasteiger partial charge in [0.05, 0.1) is 0 Å². The molecule has 0 spiro atoms. The van der Waals surface area contributed by atoms with Crippen molar-refractivity contribution >= 4 is 17.0 Å². The molecule has 0 amide bonds. The molecule has 1 saturated heterocycles. The number of nitrogens with zero attached hydrogens (tertiary/aromatic N) is 1. The summed E-state index contributed by atoms with van der Waals surface area (Å²) in [6.07, 6.45) is 4.71. The predicted octanol–water partition coefficient (Wildman–Crippen LogP) is 6.31. The number of hydrogen-bond acceptors (Lipinski definition) is 3. The van der Waals surface area contributed by atoms with Crippen LogP contribution in [-0.4, -0.2) is 36.2 Å². The standard InChI is InChI=1S/C28H31NO2.BrH/c30-24-11-15-27-23(20-24)10-14-26(21-6-2-1-3-7-21)28(27)22-8-12-25(13-9-22)31-19-18-29-16-4-5-17-29;/h1-3,6-9,11-13,15,20,26,28,30H,4-5,10,14,16-19H2;1H/t26-,28+;/m0./s1. The Morgan fingerprint density at radius 2 is 1.62 bits per heavy atom. The number of rotatable bonds is 6. The van der Waals surface area contributed by atoms with E-state index in [4.69, 9.17) is 4.74 Å². The second kappa shape index (κ2) is 10.5. The summed E-state index contributed by atoms with van der Waals surface area (Å²) in [7, 11) is 0. The Morgan fingerprint density at radius 1 is 0.875 bits per heavy atom. The summed E-state index contributed by atoms with van der Waals surface area (Å²) in [5, 5.41) is 10.0. The first-order chi connectivity index (χ1) is 15.3. The van der Waals surface area contributed by atoms with Gasteiger partial charge in [0.2, 0.25) is 0 Å². The van der Waals surface area contributed by atoms with E-state index >= 15 is 0 Å². The Labute approximate surface area is 201 Å². The second-order valence-corrected chi connectivity index (χ2v) is 8.88. The minimum Gasteiger partial charge on any atom is -0.508 e. The van der Waals surface area contributed by atoms with Crippen molar-refractivity contribution in [3.8, 4) is 11.5 Å². The molecule has 1 aliphatic carbocycles. The molecule has 0 radical (unpaired) electrons. The summed E-state index contributed by atoms with van der Waals surface area (Å²) in [6, 6.07) is 25.4. The summed E-state index contributed by atoms with van der Waals surface area (Å²) in [5.74, 6) is 2.02. The Balaban J connectivity index is 0.00000245. The smallest absolute Gasteiger partial charge is 0.119 e. The monoisotopic (exact) mass is 493 g/mol. The normalized spacial score (nSPS) is 20.4. The second-order valence-electron chi connectivity index (χ2n) is 8.88. The van der Waals surface area contributed by atoms with Crippen LogP contribution in [0.5, 0.6) is 11.5 Å². The van der Waals surface area contributed by atoms with Crippen molar-refractivity contribution < 1.29 is 9.84 Å². The molecule has 0 aromatic heterocycles. The number of ether oxygens (including phenoxy) is 1. The van der Waals surface area contributed by atoms with E-state index in [2.05, 4.69) is 65.6 Å². The fourth-order valence-electron chi connectivity index (χ4n) is 5.35. The highest BCUT2D eigenvalue weighted by Gasteiger charge is 2.32. The molecule has 3 aromatic rings. The number of fused-ring (bicyclic) bond motifs is 1. The van der Waals surface area contributed by atoms with E-state index in [-0.39, 0.29) is 22.9 Å². The van der Waals surface area contributed by atoms with Crippen molar-refractivity contribution in [1.29, 1.82) is 0 Å². The summed E-state index contributed by atoms with van der Waals surface area (Å²) in [4.78, 5) is 2.48. The van der Waals surface area contributed by atoms with Crippen LogP contribution in [0.3, 0.4) is 0 Å². The Hall–Kier alpha value is -2.30. The average molecular weight is 494 g/mol. The van der Waals surface area contributed by atoms with Crippen LogP contribution in [0.1, 0.15) is 53.4 Å². The quantitative estimate of drug-likeness (QED) is 0.436. The first-order valence-corrected chi connectivity index (χ1v) is 11.6. The molecule has 1 heterocycles. The number of benzene rings is 3. The van der Waals surface area contributed by atoms with Gasteiger partial charge in [0.15, 0.2) is 0 Å². The van der Waals surface area contributed by atoms with Crippen LogP contribution in [0, 0.1) is 0 Å². The zero-order valence-corrected chi connectivity index (χ0v) is 20.2. The summed E-state index contributed by atoms with van der Waals surface area (Å²) in [6.45, 7) is 4.18. The number of aromatic hydroxyl groups is 1. The van der Waals surface area contributed by atoms with Crippen LogP contribution in [0.25, 0.3) is 0 Å². The van der Waals surface area contributed by atoms with Gasteiger partial charge >= 0.3 is 0 Å². The zero-order valence-electron chi connectivity index (χ0n) is 18.5. The van der Waals surface area contributed by atoms with E-state index in [1.807, 2.05) is 12.1 Å². The molecule has 1 aliphatic heterocycles. The Bertz CT molecular complexity index is 1000. The first-order valence-electron chi connectivity index (χ1n) is 11.6. The zero-order chi connectivity index (χ0) is 21.0. The number of aryl methyl sites for hydroxylation is 1. The third kappa shape index (κ3) is 5.02. The van der Waals surface area contributed by atoms with Crippen LogP contribution in [0.4, 0.5) is 0 Å². The first kappa shape index (κ1) is 22.9. The Morgan fingerprint density at radius 3 is 2.38 bits per heavy atom. The molecule has 168 valence electrons. The van der Waals surface area contributed by atoms with Gasteiger partial charge in [0, 0.05) is 12.5 Å². The number of hydrogen-bond donors (Lipinski definition) is 1. The van der Waals surface area contributed by atoms with Gasteiger partial charge < -0.3 is 9.84 Å². The molecule has 0 saturated carbocycles. The third-order valence-electron chi connectivity index (χ3n) is 6.93. The average Bonchev–Trinajstić information content (AvgIpc) is 3.33. The lowest BCUT2D eigenvalue weighted by atomic mass is 9.69. The lowest BCUT2D eigenvalue weighted by Gasteiger charge is -2.35. The topological polar surface area (TPSA) is 32.7 Å². The van der Waals surface area contributed by atoms with Crippen molar-refractivity contribution in [2.45, 2.75) is 37.5 Å². The van der Waals surface area contributed by atoms with Crippen molar-refractivity contribution in [1.82, 2.24) is 4.90 Å². The van der Waals surface area contributed by atoms with Crippen molar-refractivity contribution in [2.24, 2.45) is 0 Å². The van der Waals surface area contributed by atoms with Gasteiger partial charge in [-0.2, -0.15) is 0 Å². The van der Waals surface area contributed by atoms with E-state index < -0.39 is 0 Å². The molecule has 2 aliphatic rings. The molecule has 3 nitrogen and oxygen atoms in total. The van der Waals surface area contributed by atoms with Crippen LogP contribution in [0.2, 0.25) is 0 Å². The molecule has 5 rings (SSSR count). The molecule has 3 aromatic carbocycles. The lowest BCUT2D eigenvalue weighted by Crippen LogP contribution is -2.25. The molecule has 32 heavy (non-hydrogen) atoms.